The Morgan fingerprint density at radius 2 is 2.30 bits per heavy atom. The molecule has 0 aromatic rings. The van der Waals surface area contributed by atoms with Crippen LogP contribution in [0.1, 0.15) is 13.3 Å². The van der Waals surface area contributed by atoms with Crippen LogP contribution >= 0.6 is 19.0 Å². The molecule has 2 atom stereocenters. The Morgan fingerprint density at radius 1 is 1.50 bits per heavy atom. The van der Waals surface area contributed by atoms with Gasteiger partial charge in [-0.05, 0) is 18.2 Å². The second kappa shape index (κ2) is 4.44. The van der Waals surface area contributed by atoms with Gasteiger partial charge in [0.15, 0.2) is 0 Å². The number of hydrogen-bond acceptors (Lipinski definition) is 4. The molecule has 1 aliphatic rings. The third kappa shape index (κ3) is 3.10. The van der Waals surface area contributed by atoms with Crippen molar-refractivity contribution in [1.29, 1.82) is 0 Å². The maximum Gasteiger partial charge on any atom is 0.341 e. The molecule has 0 aromatic heterocycles. The average molecular weight is 187 g/mol. The third-order valence-corrected chi connectivity index (χ3v) is 1.75. The standard InChI is InChI=1S/C4H8ClO4P/c1-4-2-3-6-8-10(5)9-7-4/h4H,2-3H2,1H3. The fourth-order valence-electron chi connectivity index (χ4n) is 0.461. The molecule has 1 saturated heterocycles. The molecule has 1 fully saturated rings. The van der Waals surface area contributed by atoms with Crippen molar-refractivity contribution in [3.05, 3.63) is 0 Å². The summed E-state index contributed by atoms with van der Waals surface area (Å²) in [7, 11) is -1.53. The lowest BCUT2D eigenvalue weighted by Crippen LogP contribution is -2.13. The minimum atomic E-state index is -1.53. The predicted octanol–water partition coefficient (Wildman–Crippen LogP) is 2.14. The zero-order valence-electron chi connectivity index (χ0n) is 5.45. The molecular weight excluding hydrogens is 178 g/mol. The van der Waals surface area contributed by atoms with E-state index >= 15 is 0 Å². The van der Waals surface area contributed by atoms with Gasteiger partial charge in [0.1, 0.15) is 0 Å². The van der Waals surface area contributed by atoms with E-state index in [0.29, 0.717) is 6.61 Å². The van der Waals surface area contributed by atoms with Crippen molar-refractivity contribution >= 4 is 19.0 Å². The molecule has 0 saturated carbocycles. The second-order valence-corrected chi connectivity index (χ2v) is 3.43. The normalized spacial score (nSPS) is 36.6. The average Bonchev–Trinajstić information content (AvgIpc) is 1.90. The van der Waals surface area contributed by atoms with Crippen molar-refractivity contribution in [2.24, 2.45) is 0 Å². The van der Waals surface area contributed by atoms with Crippen LogP contribution in [-0.4, -0.2) is 12.7 Å². The molecule has 1 heterocycles. The van der Waals surface area contributed by atoms with Gasteiger partial charge in [0.2, 0.25) is 0 Å². The van der Waals surface area contributed by atoms with Crippen molar-refractivity contribution in [1.82, 2.24) is 0 Å². The van der Waals surface area contributed by atoms with Gasteiger partial charge in [0.25, 0.3) is 0 Å². The Bertz CT molecular complexity index is 91.3. The maximum absolute atomic E-state index is 5.43. The van der Waals surface area contributed by atoms with Gasteiger partial charge in [0.05, 0.1) is 12.7 Å². The molecule has 0 aliphatic carbocycles. The van der Waals surface area contributed by atoms with Crippen LogP contribution in [0.3, 0.4) is 0 Å². The highest BCUT2D eigenvalue weighted by atomic mass is 35.7. The molecule has 0 aromatic carbocycles. The minimum Gasteiger partial charge on any atom is -0.230 e. The van der Waals surface area contributed by atoms with Crippen molar-refractivity contribution in [3.8, 4) is 0 Å². The van der Waals surface area contributed by atoms with Crippen LogP contribution in [0.5, 0.6) is 0 Å². The summed E-state index contributed by atoms with van der Waals surface area (Å²) in [6.07, 6.45) is 0.743. The molecule has 2 unspecified atom stereocenters. The van der Waals surface area contributed by atoms with Gasteiger partial charge < -0.3 is 0 Å². The Balaban J connectivity index is 2.23. The molecular formula is C4H8ClO4P. The topological polar surface area (TPSA) is 36.9 Å². The summed E-state index contributed by atoms with van der Waals surface area (Å²) in [6.45, 7) is 2.35. The monoisotopic (exact) mass is 186 g/mol. The Kier molecular flexibility index (Phi) is 3.84. The van der Waals surface area contributed by atoms with Crippen LogP contribution in [0.4, 0.5) is 0 Å². The van der Waals surface area contributed by atoms with Gasteiger partial charge in [-0.15, -0.1) is 0 Å². The Labute approximate surface area is 64.9 Å². The number of hydrogen-bond donors (Lipinski definition) is 0. The maximum atomic E-state index is 5.43. The zero-order valence-corrected chi connectivity index (χ0v) is 7.10. The fraction of sp³-hybridized carbons (Fsp3) is 1.00. The predicted molar refractivity (Wildman–Crippen MR) is 36.1 cm³/mol. The smallest absolute Gasteiger partial charge is 0.230 e. The summed E-state index contributed by atoms with van der Waals surface area (Å²) in [6, 6.07) is 0. The summed E-state index contributed by atoms with van der Waals surface area (Å²) < 4.78 is 9.09. The van der Waals surface area contributed by atoms with Gasteiger partial charge in [0, 0.05) is 6.42 Å². The molecule has 1 aliphatic heterocycles. The minimum absolute atomic E-state index is 0.00708. The quantitative estimate of drug-likeness (QED) is 0.429. The summed E-state index contributed by atoms with van der Waals surface area (Å²) in [5.74, 6) is 0. The lowest BCUT2D eigenvalue weighted by atomic mass is 10.3. The van der Waals surface area contributed by atoms with E-state index in [9.17, 15) is 0 Å². The first-order valence-electron chi connectivity index (χ1n) is 2.88. The number of halogens is 1. The highest BCUT2D eigenvalue weighted by Crippen LogP contribution is 2.45. The molecule has 6 heteroatoms. The van der Waals surface area contributed by atoms with E-state index in [1.807, 2.05) is 6.92 Å². The SMILES string of the molecule is CC1CCOOP(Cl)OO1. The molecule has 0 N–H and O–H groups in total. The van der Waals surface area contributed by atoms with Crippen molar-refractivity contribution in [2.75, 3.05) is 6.61 Å². The second-order valence-electron chi connectivity index (χ2n) is 1.88. The first-order chi connectivity index (χ1) is 4.79. The van der Waals surface area contributed by atoms with Crippen LogP contribution in [0.2, 0.25) is 0 Å². The largest absolute Gasteiger partial charge is 0.341 e. The molecule has 1 rings (SSSR count). The Morgan fingerprint density at radius 3 is 3.10 bits per heavy atom. The van der Waals surface area contributed by atoms with E-state index in [-0.39, 0.29) is 6.10 Å². The molecule has 0 bridgehead atoms. The molecule has 0 spiro atoms. The van der Waals surface area contributed by atoms with Gasteiger partial charge >= 0.3 is 7.73 Å². The van der Waals surface area contributed by atoms with E-state index in [1.54, 1.807) is 0 Å². The van der Waals surface area contributed by atoms with E-state index in [2.05, 4.69) is 14.2 Å². The van der Waals surface area contributed by atoms with Crippen LogP contribution in [-0.2, 0) is 19.1 Å². The summed E-state index contributed by atoms with van der Waals surface area (Å²) >= 11 is 5.43. The molecule has 10 heavy (non-hydrogen) atoms. The van der Waals surface area contributed by atoms with Crippen LogP contribution in [0.15, 0.2) is 0 Å². The first kappa shape index (κ1) is 8.65. The van der Waals surface area contributed by atoms with E-state index in [4.69, 9.17) is 16.1 Å². The lowest BCUT2D eigenvalue weighted by Gasteiger charge is -2.16. The summed E-state index contributed by atoms with van der Waals surface area (Å²) in [4.78, 5) is 9.44. The van der Waals surface area contributed by atoms with Crippen LogP contribution < -0.4 is 0 Å². The van der Waals surface area contributed by atoms with Gasteiger partial charge in [-0.25, -0.2) is 9.78 Å². The van der Waals surface area contributed by atoms with Crippen LogP contribution in [0, 0.1) is 0 Å². The van der Waals surface area contributed by atoms with Gasteiger partial charge in [-0.2, -0.15) is 9.35 Å². The summed E-state index contributed by atoms with van der Waals surface area (Å²) in [5, 5.41) is 0. The highest BCUT2D eigenvalue weighted by molar-refractivity contribution is 7.75. The molecule has 4 nitrogen and oxygen atoms in total. The zero-order chi connectivity index (χ0) is 7.40. The first-order valence-corrected chi connectivity index (χ1v) is 4.96. The summed E-state index contributed by atoms with van der Waals surface area (Å²) in [5.41, 5.74) is 0. The van der Waals surface area contributed by atoms with Crippen LogP contribution in [0.25, 0.3) is 0 Å². The fourth-order valence-corrected chi connectivity index (χ4v) is 1.07. The van der Waals surface area contributed by atoms with Crippen molar-refractivity contribution in [2.45, 2.75) is 19.4 Å². The number of rotatable bonds is 0. The molecule has 60 valence electrons. The van der Waals surface area contributed by atoms with Gasteiger partial charge in [-0.3, -0.25) is 0 Å². The molecule has 0 amide bonds. The van der Waals surface area contributed by atoms with E-state index in [1.165, 1.54) is 0 Å². The van der Waals surface area contributed by atoms with Crippen molar-refractivity contribution in [3.63, 3.8) is 0 Å². The Hall–Kier alpha value is 0.560. The lowest BCUT2D eigenvalue weighted by molar-refractivity contribution is -0.296. The molecule has 0 radical (unpaired) electrons. The third-order valence-electron chi connectivity index (χ3n) is 0.985. The highest BCUT2D eigenvalue weighted by Gasteiger charge is 2.15. The van der Waals surface area contributed by atoms with E-state index < -0.39 is 7.73 Å². The van der Waals surface area contributed by atoms with Gasteiger partial charge in [-0.1, -0.05) is 0 Å². The van der Waals surface area contributed by atoms with E-state index in [0.717, 1.165) is 6.42 Å². The van der Waals surface area contributed by atoms with Crippen molar-refractivity contribution < 1.29 is 19.1 Å².